The van der Waals surface area contributed by atoms with Crippen molar-refractivity contribution < 1.29 is 0 Å². The monoisotopic (exact) mass is 289 g/mol. The van der Waals surface area contributed by atoms with Gasteiger partial charge in [-0.05, 0) is 30.3 Å². The summed E-state index contributed by atoms with van der Waals surface area (Å²) in [5, 5.41) is 9.67. The van der Waals surface area contributed by atoms with Gasteiger partial charge in [0.2, 0.25) is 0 Å². The second-order valence-corrected chi connectivity index (χ2v) is 4.75. The lowest BCUT2D eigenvalue weighted by Gasteiger charge is -2.16. The molecule has 0 fully saturated rings. The zero-order valence-corrected chi connectivity index (χ0v) is 11.1. The molecule has 0 aliphatic heterocycles. The summed E-state index contributed by atoms with van der Waals surface area (Å²) in [6.07, 6.45) is 0.510. The molecule has 86 valence electrons. The number of halogens is 1. The molecular formula is C13H12BrN3. The van der Waals surface area contributed by atoms with Crippen molar-refractivity contribution in [3.8, 4) is 6.07 Å². The van der Waals surface area contributed by atoms with E-state index in [2.05, 4.69) is 27.0 Å². The highest BCUT2D eigenvalue weighted by Crippen LogP contribution is 2.21. The standard InChI is InChI=1S/C13H12BrN3/c1-17(8-2-7-15)13-6-3-10-9-11(14)4-5-12(10)16-13/h3-6,9H,2,8H2,1H3. The third-order valence-electron chi connectivity index (χ3n) is 2.59. The molecule has 0 aliphatic carbocycles. The van der Waals surface area contributed by atoms with Crippen molar-refractivity contribution in [2.75, 3.05) is 18.5 Å². The summed E-state index contributed by atoms with van der Waals surface area (Å²) in [4.78, 5) is 6.56. The minimum atomic E-state index is 0.510. The number of hydrogen-bond acceptors (Lipinski definition) is 3. The van der Waals surface area contributed by atoms with Crippen molar-refractivity contribution in [1.82, 2.24) is 4.98 Å². The first-order valence-corrected chi connectivity index (χ1v) is 6.14. The molecule has 0 saturated carbocycles. The molecular weight excluding hydrogens is 278 g/mol. The highest BCUT2D eigenvalue weighted by Gasteiger charge is 2.03. The smallest absolute Gasteiger partial charge is 0.129 e. The van der Waals surface area contributed by atoms with Gasteiger partial charge in [-0.2, -0.15) is 5.26 Å². The molecule has 0 atom stereocenters. The molecule has 0 spiro atoms. The van der Waals surface area contributed by atoms with Crippen LogP contribution < -0.4 is 4.90 Å². The number of hydrogen-bond donors (Lipinski definition) is 0. The van der Waals surface area contributed by atoms with Gasteiger partial charge in [-0.25, -0.2) is 4.98 Å². The number of nitriles is 1. The van der Waals surface area contributed by atoms with Gasteiger partial charge in [0.15, 0.2) is 0 Å². The van der Waals surface area contributed by atoms with Crippen LogP contribution >= 0.6 is 15.9 Å². The zero-order chi connectivity index (χ0) is 12.3. The van der Waals surface area contributed by atoms with Crippen LogP contribution in [0.4, 0.5) is 5.82 Å². The van der Waals surface area contributed by atoms with Gasteiger partial charge in [0, 0.05) is 23.5 Å². The molecule has 0 radical (unpaired) electrons. The number of rotatable bonds is 3. The van der Waals surface area contributed by atoms with Crippen LogP contribution in [0.15, 0.2) is 34.8 Å². The van der Waals surface area contributed by atoms with Crippen LogP contribution in [-0.4, -0.2) is 18.6 Å². The van der Waals surface area contributed by atoms with Gasteiger partial charge in [0.05, 0.1) is 18.0 Å². The fourth-order valence-corrected chi connectivity index (χ4v) is 2.01. The number of fused-ring (bicyclic) bond motifs is 1. The maximum atomic E-state index is 8.56. The van der Waals surface area contributed by atoms with Crippen LogP contribution in [0.5, 0.6) is 0 Å². The largest absolute Gasteiger partial charge is 0.359 e. The summed E-state index contributed by atoms with van der Waals surface area (Å²) >= 11 is 3.44. The Hall–Kier alpha value is -1.60. The molecule has 1 aromatic carbocycles. The lowest BCUT2D eigenvalue weighted by atomic mass is 10.2. The van der Waals surface area contributed by atoms with Crippen LogP contribution in [0.1, 0.15) is 6.42 Å². The Morgan fingerprint density at radius 1 is 1.35 bits per heavy atom. The van der Waals surface area contributed by atoms with E-state index in [0.717, 1.165) is 21.2 Å². The quantitative estimate of drug-likeness (QED) is 0.870. The summed E-state index contributed by atoms with van der Waals surface area (Å²) in [5.41, 5.74) is 0.967. The van der Waals surface area contributed by atoms with E-state index < -0.39 is 0 Å². The third-order valence-corrected chi connectivity index (χ3v) is 3.08. The fourth-order valence-electron chi connectivity index (χ4n) is 1.63. The maximum absolute atomic E-state index is 8.56. The summed E-state index contributed by atoms with van der Waals surface area (Å²) < 4.78 is 1.05. The Morgan fingerprint density at radius 2 is 2.18 bits per heavy atom. The Balaban J connectivity index is 2.32. The molecule has 3 nitrogen and oxygen atoms in total. The predicted octanol–water partition coefficient (Wildman–Crippen LogP) is 3.35. The van der Waals surface area contributed by atoms with E-state index in [4.69, 9.17) is 5.26 Å². The van der Waals surface area contributed by atoms with Crippen LogP contribution in [0, 0.1) is 11.3 Å². The molecule has 0 N–H and O–H groups in total. The molecule has 4 heteroatoms. The van der Waals surface area contributed by atoms with Crippen molar-refractivity contribution in [2.24, 2.45) is 0 Å². The van der Waals surface area contributed by atoms with Crippen molar-refractivity contribution >= 4 is 32.7 Å². The Bertz CT molecular complexity index is 574. The van der Waals surface area contributed by atoms with Crippen molar-refractivity contribution in [3.05, 3.63) is 34.8 Å². The van der Waals surface area contributed by atoms with E-state index in [1.54, 1.807) is 0 Å². The number of benzene rings is 1. The van der Waals surface area contributed by atoms with Gasteiger partial charge in [0.1, 0.15) is 5.82 Å². The minimum Gasteiger partial charge on any atom is -0.359 e. The number of anilines is 1. The van der Waals surface area contributed by atoms with E-state index in [-0.39, 0.29) is 0 Å². The first kappa shape index (κ1) is 11.9. The molecule has 0 amide bonds. The van der Waals surface area contributed by atoms with Crippen molar-refractivity contribution in [2.45, 2.75) is 6.42 Å². The molecule has 0 bridgehead atoms. The van der Waals surface area contributed by atoms with E-state index in [9.17, 15) is 0 Å². The van der Waals surface area contributed by atoms with Gasteiger partial charge in [0.25, 0.3) is 0 Å². The highest BCUT2D eigenvalue weighted by atomic mass is 79.9. The first-order chi connectivity index (χ1) is 8.20. The summed E-state index contributed by atoms with van der Waals surface area (Å²) in [7, 11) is 1.95. The molecule has 1 aromatic heterocycles. The van der Waals surface area contributed by atoms with Crippen LogP contribution in [-0.2, 0) is 0 Å². The molecule has 0 saturated heterocycles. The van der Waals surface area contributed by atoms with Crippen molar-refractivity contribution in [1.29, 1.82) is 5.26 Å². The first-order valence-electron chi connectivity index (χ1n) is 5.35. The average Bonchev–Trinajstić information content (AvgIpc) is 2.35. The fraction of sp³-hybridized carbons (Fsp3) is 0.231. The molecule has 0 unspecified atom stereocenters. The Labute approximate surface area is 109 Å². The lowest BCUT2D eigenvalue weighted by molar-refractivity contribution is 0.889. The van der Waals surface area contributed by atoms with Crippen LogP contribution in [0.2, 0.25) is 0 Å². The molecule has 17 heavy (non-hydrogen) atoms. The van der Waals surface area contributed by atoms with E-state index in [1.807, 2.05) is 42.3 Å². The van der Waals surface area contributed by atoms with E-state index in [1.165, 1.54) is 0 Å². The molecule has 2 aromatic rings. The summed E-state index contributed by atoms with van der Waals surface area (Å²) in [6.45, 7) is 0.700. The van der Waals surface area contributed by atoms with E-state index in [0.29, 0.717) is 13.0 Å². The zero-order valence-electron chi connectivity index (χ0n) is 9.52. The Kier molecular flexibility index (Phi) is 3.60. The number of aromatic nitrogens is 1. The second-order valence-electron chi connectivity index (χ2n) is 3.84. The van der Waals surface area contributed by atoms with Crippen LogP contribution in [0.3, 0.4) is 0 Å². The van der Waals surface area contributed by atoms with Gasteiger partial charge in [-0.15, -0.1) is 0 Å². The Morgan fingerprint density at radius 3 is 2.94 bits per heavy atom. The third kappa shape index (κ3) is 2.75. The van der Waals surface area contributed by atoms with Gasteiger partial charge >= 0.3 is 0 Å². The topological polar surface area (TPSA) is 39.9 Å². The average molecular weight is 290 g/mol. The highest BCUT2D eigenvalue weighted by molar-refractivity contribution is 9.10. The summed E-state index contributed by atoms with van der Waals surface area (Å²) in [6, 6.07) is 12.2. The van der Waals surface area contributed by atoms with Gasteiger partial charge in [-0.1, -0.05) is 15.9 Å². The SMILES string of the molecule is CN(CCC#N)c1ccc2cc(Br)ccc2n1. The van der Waals surface area contributed by atoms with E-state index >= 15 is 0 Å². The predicted molar refractivity (Wildman–Crippen MR) is 72.9 cm³/mol. The molecule has 2 rings (SSSR count). The second kappa shape index (κ2) is 5.15. The lowest BCUT2D eigenvalue weighted by Crippen LogP contribution is -2.19. The normalized spacial score (nSPS) is 10.2. The summed E-state index contributed by atoms with van der Waals surface area (Å²) in [5.74, 6) is 0.898. The van der Waals surface area contributed by atoms with Crippen molar-refractivity contribution in [3.63, 3.8) is 0 Å². The maximum Gasteiger partial charge on any atom is 0.129 e. The van der Waals surface area contributed by atoms with Crippen LogP contribution in [0.25, 0.3) is 10.9 Å². The molecule has 1 heterocycles. The van der Waals surface area contributed by atoms with Gasteiger partial charge < -0.3 is 4.90 Å². The number of pyridine rings is 1. The number of nitrogens with zero attached hydrogens (tertiary/aromatic N) is 3. The molecule has 0 aliphatic rings. The minimum absolute atomic E-state index is 0.510. The van der Waals surface area contributed by atoms with Gasteiger partial charge in [-0.3, -0.25) is 0 Å².